The van der Waals surface area contributed by atoms with Crippen LogP contribution >= 0.6 is 11.6 Å². The van der Waals surface area contributed by atoms with Gasteiger partial charge < -0.3 is 5.11 Å². The number of allylic oxidation sites excluding steroid dienone is 4. The normalized spacial score (nSPS) is 13.9. The largest absolute Gasteiger partial charge is 0.478 e. The molecule has 66 valence electrons. The molecular weight excluding hydrogens is 176 g/mol. The minimum absolute atomic E-state index is 0.342. The first kappa shape index (κ1) is 11.0. The fraction of sp³-hybridized carbons (Fsp3) is 0.222. The fourth-order valence-corrected chi connectivity index (χ4v) is 0.620. The number of carboxylic acid groups (broad SMARTS) is 1. The first-order chi connectivity index (χ1) is 5.59. The van der Waals surface area contributed by atoms with Crippen molar-refractivity contribution < 1.29 is 9.90 Å². The molecule has 0 heterocycles. The van der Waals surface area contributed by atoms with Crippen LogP contribution < -0.4 is 0 Å². The van der Waals surface area contributed by atoms with Crippen molar-refractivity contribution in [2.24, 2.45) is 0 Å². The topological polar surface area (TPSA) is 37.3 Å². The summed E-state index contributed by atoms with van der Waals surface area (Å²) in [7, 11) is 0. The summed E-state index contributed by atoms with van der Waals surface area (Å²) in [5.74, 6) is -0.896. The van der Waals surface area contributed by atoms with Gasteiger partial charge in [-0.05, 0) is 19.4 Å². The van der Waals surface area contributed by atoms with Gasteiger partial charge in [0.05, 0.1) is 0 Å². The molecule has 0 spiro atoms. The van der Waals surface area contributed by atoms with E-state index in [0.29, 0.717) is 5.57 Å². The fourth-order valence-electron chi connectivity index (χ4n) is 0.536. The molecule has 0 aromatic carbocycles. The van der Waals surface area contributed by atoms with Crippen LogP contribution in [-0.4, -0.2) is 11.1 Å². The van der Waals surface area contributed by atoms with Crippen molar-refractivity contribution in [1.29, 1.82) is 0 Å². The number of rotatable bonds is 3. The van der Waals surface area contributed by atoms with Crippen LogP contribution in [0, 0.1) is 0 Å². The molecule has 0 aromatic rings. The summed E-state index contributed by atoms with van der Waals surface area (Å²) in [6.07, 6.45) is 5.01. The Bertz CT molecular complexity index is 249. The van der Waals surface area contributed by atoms with Crippen LogP contribution in [0.4, 0.5) is 0 Å². The molecule has 12 heavy (non-hydrogen) atoms. The predicted molar refractivity (Wildman–Crippen MR) is 50.1 cm³/mol. The van der Waals surface area contributed by atoms with E-state index in [1.54, 1.807) is 32.1 Å². The number of carboxylic acids is 1. The lowest BCUT2D eigenvalue weighted by Crippen LogP contribution is -1.97. The molecule has 0 fully saturated rings. The SMILES string of the molecule is CC(C=CC=CCl)=C(C)C(=O)O. The van der Waals surface area contributed by atoms with Crippen LogP contribution in [0.15, 0.2) is 34.9 Å². The van der Waals surface area contributed by atoms with Gasteiger partial charge >= 0.3 is 5.97 Å². The van der Waals surface area contributed by atoms with Gasteiger partial charge in [0.25, 0.3) is 0 Å². The molecular formula is C9H11ClO2. The summed E-state index contributed by atoms with van der Waals surface area (Å²) in [6.45, 7) is 3.30. The van der Waals surface area contributed by atoms with Crippen molar-refractivity contribution in [3.05, 3.63) is 34.9 Å². The Balaban J connectivity index is 4.47. The molecule has 0 rings (SSSR count). The standard InChI is InChI=1S/C9H11ClO2/c1-7(5-3-4-6-10)8(2)9(11)12/h3-6H,1-2H3,(H,11,12). The maximum absolute atomic E-state index is 10.4. The summed E-state index contributed by atoms with van der Waals surface area (Å²) < 4.78 is 0. The van der Waals surface area contributed by atoms with Gasteiger partial charge in [-0.25, -0.2) is 4.79 Å². The predicted octanol–water partition coefficient (Wildman–Crippen LogP) is 2.72. The van der Waals surface area contributed by atoms with Crippen LogP contribution in [0.5, 0.6) is 0 Å². The van der Waals surface area contributed by atoms with E-state index < -0.39 is 5.97 Å². The summed E-state index contributed by atoms with van der Waals surface area (Å²) in [6, 6.07) is 0. The Morgan fingerprint density at radius 3 is 2.33 bits per heavy atom. The second kappa shape index (κ2) is 5.61. The van der Waals surface area contributed by atoms with E-state index in [1.165, 1.54) is 5.54 Å². The Kier molecular flexibility index (Phi) is 5.13. The summed E-state index contributed by atoms with van der Waals surface area (Å²) >= 11 is 5.26. The van der Waals surface area contributed by atoms with Crippen molar-refractivity contribution in [3.8, 4) is 0 Å². The van der Waals surface area contributed by atoms with Crippen LogP contribution in [-0.2, 0) is 4.79 Å². The molecule has 0 aliphatic rings. The quantitative estimate of drug-likeness (QED) is 0.544. The lowest BCUT2D eigenvalue weighted by Gasteiger charge is -1.95. The van der Waals surface area contributed by atoms with Gasteiger partial charge in [0.2, 0.25) is 0 Å². The van der Waals surface area contributed by atoms with E-state index >= 15 is 0 Å². The summed E-state index contributed by atoms with van der Waals surface area (Å²) in [5.41, 5.74) is 2.42. The van der Waals surface area contributed by atoms with Crippen LogP contribution in [0.1, 0.15) is 13.8 Å². The number of hydrogen-bond acceptors (Lipinski definition) is 1. The molecule has 0 atom stereocenters. The number of aliphatic carboxylic acids is 1. The molecule has 2 nitrogen and oxygen atoms in total. The van der Waals surface area contributed by atoms with E-state index in [9.17, 15) is 4.79 Å². The van der Waals surface area contributed by atoms with E-state index in [2.05, 4.69) is 0 Å². The average molecular weight is 187 g/mol. The van der Waals surface area contributed by atoms with Crippen molar-refractivity contribution in [2.75, 3.05) is 0 Å². The van der Waals surface area contributed by atoms with Gasteiger partial charge in [-0.15, -0.1) is 0 Å². The zero-order chi connectivity index (χ0) is 9.56. The summed E-state index contributed by atoms with van der Waals surface area (Å²) in [4.78, 5) is 10.4. The van der Waals surface area contributed by atoms with Gasteiger partial charge in [0.1, 0.15) is 0 Å². The summed E-state index contributed by atoms with van der Waals surface area (Å²) in [5, 5.41) is 8.57. The molecule has 0 radical (unpaired) electrons. The molecule has 0 aliphatic carbocycles. The van der Waals surface area contributed by atoms with Crippen molar-refractivity contribution >= 4 is 17.6 Å². The van der Waals surface area contributed by atoms with E-state index in [4.69, 9.17) is 16.7 Å². The minimum Gasteiger partial charge on any atom is -0.478 e. The zero-order valence-electron chi connectivity index (χ0n) is 7.04. The monoisotopic (exact) mass is 186 g/mol. The molecule has 0 bridgehead atoms. The Morgan fingerprint density at radius 1 is 1.33 bits per heavy atom. The number of halogens is 1. The third kappa shape index (κ3) is 3.98. The van der Waals surface area contributed by atoms with Gasteiger partial charge in [-0.2, -0.15) is 0 Å². The third-order valence-electron chi connectivity index (χ3n) is 1.44. The Morgan fingerprint density at radius 2 is 1.92 bits per heavy atom. The molecule has 0 amide bonds. The lowest BCUT2D eigenvalue weighted by atomic mass is 10.1. The minimum atomic E-state index is -0.896. The van der Waals surface area contributed by atoms with Gasteiger partial charge in [0.15, 0.2) is 0 Å². The van der Waals surface area contributed by atoms with Crippen LogP contribution in [0.25, 0.3) is 0 Å². The number of hydrogen-bond donors (Lipinski definition) is 1. The smallest absolute Gasteiger partial charge is 0.331 e. The van der Waals surface area contributed by atoms with E-state index in [0.717, 1.165) is 5.57 Å². The molecule has 0 unspecified atom stereocenters. The Labute approximate surface area is 76.8 Å². The highest BCUT2D eigenvalue weighted by Crippen LogP contribution is 2.04. The van der Waals surface area contributed by atoms with E-state index in [-0.39, 0.29) is 0 Å². The molecule has 0 saturated carbocycles. The molecule has 0 saturated heterocycles. The van der Waals surface area contributed by atoms with Gasteiger partial charge in [0, 0.05) is 11.1 Å². The Hall–Kier alpha value is -1.02. The third-order valence-corrected chi connectivity index (χ3v) is 1.59. The maximum atomic E-state index is 10.4. The maximum Gasteiger partial charge on any atom is 0.331 e. The second-order valence-electron chi connectivity index (χ2n) is 2.29. The van der Waals surface area contributed by atoms with Crippen LogP contribution in [0.3, 0.4) is 0 Å². The first-order valence-corrected chi connectivity index (χ1v) is 3.87. The molecule has 3 heteroatoms. The second-order valence-corrected chi connectivity index (χ2v) is 2.54. The van der Waals surface area contributed by atoms with E-state index in [1.807, 2.05) is 0 Å². The van der Waals surface area contributed by atoms with Crippen molar-refractivity contribution in [1.82, 2.24) is 0 Å². The molecule has 0 aliphatic heterocycles. The highest BCUT2D eigenvalue weighted by molar-refractivity contribution is 6.25. The average Bonchev–Trinajstić information content (AvgIpc) is 2.03. The lowest BCUT2D eigenvalue weighted by molar-refractivity contribution is -0.132. The van der Waals surface area contributed by atoms with Crippen LogP contribution in [0.2, 0.25) is 0 Å². The van der Waals surface area contributed by atoms with Gasteiger partial charge in [-0.3, -0.25) is 0 Å². The van der Waals surface area contributed by atoms with Crippen molar-refractivity contribution in [2.45, 2.75) is 13.8 Å². The zero-order valence-corrected chi connectivity index (χ0v) is 7.80. The van der Waals surface area contributed by atoms with Crippen molar-refractivity contribution in [3.63, 3.8) is 0 Å². The molecule has 1 N–H and O–H groups in total. The highest BCUT2D eigenvalue weighted by Gasteiger charge is 2.01. The first-order valence-electron chi connectivity index (χ1n) is 3.43. The number of carbonyl (C=O) groups is 1. The molecule has 0 aromatic heterocycles. The van der Waals surface area contributed by atoms with Gasteiger partial charge in [-0.1, -0.05) is 29.8 Å². The highest BCUT2D eigenvalue weighted by atomic mass is 35.5.